The Balaban J connectivity index is 2.05. The normalized spacial score (nSPS) is 12.7. The molecule has 0 aliphatic carbocycles. The molecule has 4 N–H and O–H groups in total. The van der Waals surface area contributed by atoms with Gasteiger partial charge in [-0.3, -0.25) is 14.4 Å². The topological polar surface area (TPSA) is 101 Å². The van der Waals surface area contributed by atoms with Crippen LogP contribution in [0.1, 0.15) is 46.5 Å². The molecule has 0 fully saturated rings. The highest BCUT2D eigenvalue weighted by atomic mass is 16.2. The second-order valence-electron chi connectivity index (χ2n) is 6.49. The molecule has 0 aliphatic rings. The van der Waals surface area contributed by atoms with Gasteiger partial charge < -0.3 is 16.4 Å². The summed E-state index contributed by atoms with van der Waals surface area (Å²) in [6.45, 7) is 4.13. The third-order valence-electron chi connectivity index (χ3n) is 4.50. The van der Waals surface area contributed by atoms with Gasteiger partial charge in [0.15, 0.2) is 0 Å². The fraction of sp³-hybridized carbons (Fsp3) is 0.286. The lowest BCUT2D eigenvalue weighted by Gasteiger charge is -2.23. The molecule has 0 aromatic heterocycles. The molecule has 0 heterocycles. The summed E-state index contributed by atoms with van der Waals surface area (Å²) < 4.78 is 0. The number of hydrogen-bond donors (Lipinski definition) is 3. The van der Waals surface area contributed by atoms with Gasteiger partial charge in [0.2, 0.25) is 11.8 Å². The Labute approximate surface area is 159 Å². The van der Waals surface area contributed by atoms with Crippen LogP contribution < -0.4 is 16.4 Å². The van der Waals surface area contributed by atoms with Crippen LogP contribution in [0.5, 0.6) is 0 Å². The van der Waals surface area contributed by atoms with E-state index in [1.165, 1.54) is 0 Å². The predicted octanol–water partition coefficient (Wildman–Crippen LogP) is 2.25. The summed E-state index contributed by atoms with van der Waals surface area (Å²) in [5.41, 5.74) is 6.94. The number of nitrogens with two attached hydrogens (primary N) is 1. The van der Waals surface area contributed by atoms with Gasteiger partial charge in [-0.25, -0.2) is 0 Å². The predicted molar refractivity (Wildman–Crippen MR) is 104 cm³/mol. The van der Waals surface area contributed by atoms with Gasteiger partial charge in [0.05, 0.1) is 0 Å². The van der Waals surface area contributed by atoms with Crippen molar-refractivity contribution in [1.29, 1.82) is 0 Å². The number of carbonyl (C=O) groups excluding carboxylic acids is 3. The molecule has 2 atom stereocenters. The molecule has 27 heavy (non-hydrogen) atoms. The molecule has 2 aromatic rings. The van der Waals surface area contributed by atoms with E-state index in [1.807, 2.05) is 19.9 Å². The zero-order chi connectivity index (χ0) is 19.8. The number of hydrogen-bond acceptors (Lipinski definition) is 3. The average Bonchev–Trinajstić information content (AvgIpc) is 2.70. The molecule has 0 saturated heterocycles. The van der Waals surface area contributed by atoms with Crippen molar-refractivity contribution in [3.05, 3.63) is 71.3 Å². The Bertz CT molecular complexity index is 805. The van der Waals surface area contributed by atoms with E-state index in [0.29, 0.717) is 11.1 Å². The van der Waals surface area contributed by atoms with Crippen LogP contribution in [-0.2, 0) is 11.3 Å². The largest absolute Gasteiger partial charge is 0.366 e. The summed E-state index contributed by atoms with van der Waals surface area (Å²) in [4.78, 5) is 36.4. The lowest BCUT2D eigenvalue weighted by atomic mass is 9.97. The first-order valence-corrected chi connectivity index (χ1v) is 8.94. The zero-order valence-corrected chi connectivity index (χ0v) is 15.6. The van der Waals surface area contributed by atoms with Crippen molar-refractivity contribution in [1.82, 2.24) is 10.6 Å². The molecule has 0 saturated carbocycles. The molecule has 0 aliphatic heterocycles. The summed E-state index contributed by atoms with van der Waals surface area (Å²) >= 11 is 0. The first-order valence-electron chi connectivity index (χ1n) is 8.94. The van der Waals surface area contributed by atoms with Crippen molar-refractivity contribution in [2.75, 3.05) is 0 Å². The Morgan fingerprint density at radius 2 is 1.67 bits per heavy atom. The first-order chi connectivity index (χ1) is 12.9. The Morgan fingerprint density at radius 3 is 2.30 bits per heavy atom. The van der Waals surface area contributed by atoms with Gasteiger partial charge in [-0.1, -0.05) is 50.6 Å². The standard InChI is InChI=1S/C21H25N3O3/c1-3-14(2)18(24-20(26)16-9-5-4-6-10-16)21(27)23-13-15-8-7-11-17(12-15)19(22)25/h4-12,14,18H,3,13H2,1-2H3,(H2,22,25)(H,23,27)(H,24,26). The maximum absolute atomic E-state index is 12.7. The molecule has 6 nitrogen and oxygen atoms in total. The van der Waals surface area contributed by atoms with Crippen LogP contribution in [0.25, 0.3) is 0 Å². The summed E-state index contributed by atoms with van der Waals surface area (Å²) in [6, 6.07) is 14.9. The van der Waals surface area contributed by atoms with Crippen LogP contribution in [0, 0.1) is 5.92 Å². The monoisotopic (exact) mass is 367 g/mol. The Morgan fingerprint density at radius 1 is 1.00 bits per heavy atom. The molecule has 6 heteroatoms. The third-order valence-corrected chi connectivity index (χ3v) is 4.50. The number of amides is 3. The molecule has 2 aromatic carbocycles. The first kappa shape index (κ1) is 20.2. The van der Waals surface area contributed by atoms with Crippen LogP contribution >= 0.6 is 0 Å². The molecular weight excluding hydrogens is 342 g/mol. The highest BCUT2D eigenvalue weighted by Gasteiger charge is 2.26. The second kappa shape index (κ2) is 9.52. The summed E-state index contributed by atoms with van der Waals surface area (Å²) in [6.07, 6.45) is 0.740. The number of primary amides is 1. The quantitative estimate of drug-likeness (QED) is 0.667. The van der Waals surface area contributed by atoms with Crippen molar-refractivity contribution in [2.24, 2.45) is 11.7 Å². The van der Waals surface area contributed by atoms with Crippen molar-refractivity contribution in [3.8, 4) is 0 Å². The fourth-order valence-corrected chi connectivity index (χ4v) is 2.65. The minimum absolute atomic E-state index is 0.0328. The smallest absolute Gasteiger partial charge is 0.251 e. The fourth-order valence-electron chi connectivity index (χ4n) is 2.65. The number of benzene rings is 2. The van der Waals surface area contributed by atoms with Gasteiger partial charge in [0, 0.05) is 17.7 Å². The van der Waals surface area contributed by atoms with Crippen LogP contribution in [0.4, 0.5) is 0 Å². The van der Waals surface area contributed by atoms with Crippen molar-refractivity contribution in [3.63, 3.8) is 0 Å². The lowest BCUT2D eigenvalue weighted by Crippen LogP contribution is -2.50. The minimum atomic E-state index is -0.651. The van der Waals surface area contributed by atoms with Crippen LogP contribution in [0.3, 0.4) is 0 Å². The van der Waals surface area contributed by atoms with Crippen molar-refractivity contribution >= 4 is 17.7 Å². The van der Waals surface area contributed by atoms with Gasteiger partial charge in [-0.05, 0) is 35.7 Å². The molecule has 2 unspecified atom stereocenters. The molecule has 3 amide bonds. The van der Waals surface area contributed by atoms with Gasteiger partial charge in [-0.15, -0.1) is 0 Å². The van der Waals surface area contributed by atoms with Crippen LogP contribution in [0.2, 0.25) is 0 Å². The van der Waals surface area contributed by atoms with Gasteiger partial charge >= 0.3 is 0 Å². The summed E-state index contributed by atoms with van der Waals surface area (Å²) in [5.74, 6) is -1.10. The van der Waals surface area contributed by atoms with Gasteiger partial charge in [0.25, 0.3) is 5.91 Å². The lowest BCUT2D eigenvalue weighted by molar-refractivity contribution is -0.124. The molecule has 0 bridgehead atoms. The van der Waals surface area contributed by atoms with Crippen LogP contribution in [-0.4, -0.2) is 23.8 Å². The minimum Gasteiger partial charge on any atom is -0.366 e. The van der Waals surface area contributed by atoms with Crippen LogP contribution in [0.15, 0.2) is 54.6 Å². The number of nitrogens with one attached hydrogen (secondary N) is 2. The number of rotatable bonds is 8. The third kappa shape index (κ3) is 5.67. The van der Waals surface area contributed by atoms with E-state index < -0.39 is 11.9 Å². The molecule has 142 valence electrons. The SMILES string of the molecule is CCC(C)C(NC(=O)c1ccccc1)C(=O)NCc1cccc(C(N)=O)c1. The van der Waals surface area contributed by atoms with E-state index in [0.717, 1.165) is 12.0 Å². The van der Waals surface area contributed by atoms with E-state index in [9.17, 15) is 14.4 Å². The molecule has 2 rings (SSSR count). The van der Waals surface area contributed by atoms with E-state index in [1.54, 1.807) is 48.5 Å². The zero-order valence-electron chi connectivity index (χ0n) is 15.6. The summed E-state index contributed by atoms with van der Waals surface area (Å²) in [5, 5.41) is 5.66. The highest BCUT2D eigenvalue weighted by Crippen LogP contribution is 2.11. The second-order valence-corrected chi connectivity index (χ2v) is 6.49. The highest BCUT2D eigenvalue weighted by molar-refractivity contribution is 5.97. The van der Waals surface area contributed by atoms with E-state index in [2.05, 4.69) is 10.6 Å². The maximum Gasteiger partial charge on any atom is 0.251 e. The average molecular weight is 367 g/mol. The Hall–Kier alpha value is -3.15. The molecular formula is C21H25N3O3. The van der Waals surface area contributed by atoms with Crippen molar-refractivity contribution < 1.29 is 14.4 Å². The van der Waals surface area contributed by atoms with E-state index >= 15 is 0 Å². The van der Waals surface area contributed by atoms with Gasteiger partial charge in [0.1, 0.15) is 6.04 Å². The summed E-state index contributed by atoms with van der Waals surface area (Å²) in [7, 11) is 0. The Kier molecular flexibility index (Phi) is 7.11. The van der Waals surface area contributed by atoms with E-state index in [-0.39, 0.29) is 24.3 Å². The van der Waals surface area contributed by atoms with Gasteiger partial charge in [-0.2, -0.15) is 0 Å². The maximum atomic E-state index is 12.7. The molecule has 0 spiro atoms. The number of carbonyl (C=O) groups is 3. The van der Waals surface area contributed by atoms with Crippen molar-refractivity contribution in [2.45, 2.75) is 32.9 Å². The molecule has 0 radical (unpaired) electrons. The van der Waals surface area contributed by atoms with E-state index in [4.69, 9.17) is 5.73 Å².